The van der Waals surface area contributed by atoms with E-state index in [2.05, 4.69) is 65.6 Å². The number of nitrogens with zero attached hydrogens (tertiary/aromatic N) is 1. The van der Waals surface area contributed by atoms with Crippen molar-refractivity contribution in [1.29, 1.82) is 0 Å². The van der Waals surface area contributed by atoms with E-state index in [9.17, 15) is 0 Å². The molecule has 0 radical (unpaired) electrons. The Morgan fingerprint density at radius 1 is 0.615 bits per heavy atom. The smallest absolute Gasteiger partial charge is 0.0270 e. The van der Waals surface area contributed by atoms with Gasteiger partial charge in [-0.1, -0.05) is 81.0 Å². The van der Waals surface area contributed by atoms with Gasteiger partial charge < -0.3 is 0 Å². The third kappa shape index (κ3) is 6.34. The van der Waals surface area contributed by atoms with Crippen molar-refractivity contribution in [1.82, 2.24) is 4.98 Å². The van der Waals surface area contributed by atoms with Gasteiger partial charge in [0.2, 0.25) is 0 Å². The summed E-state index contributed by atoms with van der Waals surface area (Å²) >= 11 is 1.85. The molecule has 1 fully saturated rings. The molecule has 4 rings (SSSR count). The second-order valence-corrected chi connectivity index (χ2v) is 7.70. The molecule has 134 valence electrons. The van der Waals surface area contributed by atoms with Gasteiger partial charge in [-0.2, -0.15) is 0 Å². The number of thioether (sulfide) groups is 1. The van der Waals surface area contributed by atoms with E-state index < -0.39 is 0 Å². The van der Waals surface area contributed by atoms with Crippen molar-refractivity contribution in [3.63, 3.8) is 0 Å². The molecule has 0 N–H and O–H groups in total. The van der Waals surface area contributed by atoms with Gasteiger partial charge in [-0.15, -0.1) is 11.8 Å². The molecule has 1 aromatic heterocycles. The van der Waals surface area contributed by atoms with Gasteiger partial charge in [-0.3, -0.25) is 4.98 Å². The molecule has 0 unspecified atom stereocenters. The Labute approximate surface area is 161 Å². The third-order valence-corrected chi connectivity index (χ3v) is 5.70. The van der Waals surface area contributed by atoms with E-state index in [0.29, 0.717) is 0 Å². The van der Waals surface area contributed by atoms with Crippen LogP contribution in [0.25, 0.3) is 11.1 Å². The van der Waals surface area contributed by atoms with E-state index in [4.69, 9.17) is 0 Å². The first-order valence-corrected chi connectivity index (χ1v) is 10.6. The summed E-state index contributed by atoms with van der Waals surface area (Å²) in [6.07, 6.45) is 12.7. The number of hydrogen-bond acceptors (Lipinski definition) is 2. The highest BCUT2D eigenvalue weighted by atomic mass is 32.2. The lowest BCUT2D eigenvalue weighted by atomic mass is 10.0. The summed E-state index contributed by atoms with van der Waals surface area (Å²) in [4.78, 5) is 5.33. The van der Waals surface area contributed by atoms with Gasteiger partial charge in [0.1, 0.15) is 0 Å². The van der Waals surface area contributed by atoms with Crippen LogP contribution in [0.3, 0.4) is 0 Å². The Morgan fingerprint density at radius 2 is 1.15 bits per heavy atom. The molecule has 0 spiro atoms. The normalized spacial score (nSPS) is 13.5. The van der Waals surface area contributed by atoms with E-state index in [1.807, 2.05) is 30.2 Å². The van der Waals surface area contributed by atoms with Crippen molar-refractivity contribution in [3.05, 3.63) is 84.7 Å². The van der Waals surface area contributed by atoms with E-state index in [1.165, 1.54) is 60.1 Å². The summed E-state index contributed by atoms with van der Waals surface area (Å²) in [5.41, 5.74) is 3.83. The van der Waals surface area contributed by atoms with Crippen LogP contribution in [-0.4, -0.2) is 4.98 Å². The van der Waals surface area contributed by atoms with E-state index in [-0.39, 0.29) is 0 Å². The fraction of sp³-hybridized carbons (Fsp3) is 0.292. The maximum atomic E-state index is 4.04. The molecule has 26 heavy (non-hydrogen) atoms. The maximum Gasteiger partial charge on any atom is 0.0270 e. The first-order valence-electron chi connectivity index (χ1n) is 9.59. The number of aromatic nitrogens is 1. The Kier molecular flexibility index (Phi) is 7.79. The molecule has 3 aromatic rings. The molecule has 0 saturated heterocycles. The number of rotatable bonds is 4. The highest BCUT2D eigenvalue weighted by Crippen LogP contribution is 2.26. The minimum atomic E-state index is 0.979. The summed E-state index contributed by atoms with van der Waals surface area (Å²) < 4.78 is 0. The van der Waals surface area contributed by atoms with Crippen LogP contribution in [0.2, 0.25) is 0 Å². The van der Waals surface area contributed by atoms with Crippen molar-refractivity contribution in [2.24, 2.45) is 0 Å². The maximum absolute atomic E-state index is 4.04. The average molecular weight is 362 g/mol. The number of benzene rings is 2. The standard InChI is InChI=1S/C18H15NS.C6H12/c1-2-4-16(5-3-1)17-6-8-18(9-7-17)20-14-15-10-12-19-13-11-15;1-2-4-6-5-3-1/h1-13H,14H2;1-6H2. The van der Waals surface area contributed by atoms with Gasteiger partial charge in [-0.25, -0.2) is 0 Å². The predicted octanol–water partition coefficient (Wildman–Crippen LogP) is 7.38. The van der Waals surface area contributed by atoms with Crippen LogP contribution < -0.4 is 0 Å². The number of pyridine rings is 1. The molecular weight excluding hydrogens is 334 g/mol. The monoisotopic (exact) mass is 361 g/mol. The summed E-state index contributed by atoms with van der Waals surface area (Å²) in [7, 11) is 0. The third-order valence-electron chi connectivity index (χ3n) is 4.62. The quantitative estimate of drug-likeness (QED) is 0.450. The summed E-state index contributed by atoms with van der Waals surface area (Å²) in [5.74, 6) is 0.979. The summed E-state index contributed by atoms with van der Waals surface area (Å²) in [6.45, 7) is 0. The van der Waals surface area contributed by atoms with E-state index >= 15 is 0 Å². The lowest BCUT2D eigenvalue weighted by molar-refractivity contribution is 0.504. The summed E-state index contributed by atoms with van der Waals surface area (Å²) in [6, 6.07) is 23.3. The molecule has 0 bridgehead atoms. The summed E-state index contributed by atoms with van der Waals surface area (Å²) in [5, 5.41) is 0. The minimum Gasteiger partial charge on any atom is -0.265 e. The highest BCUT2D eigenvalue weighted by Gasteiger charge is 1.99. The first-order chi connectivity index (χ1) is 12.9. The van der Waals surface area contributed by atoms with Crippen LogP contribution in [0.15, 0.2) is 84.0 Å². The fourth-order valence-corrected chi connectivity index (χ4v) is 3.93. The topological polar surface area (TPSA) is 12.9 Å². The van der Waals surface area contributed by atoms with Crippen LogP contribution >= 0.6 is 11.8 Å². The van der Waals surface area contributed by atoms with Crippen LogP contribution in [0, 0.1) is 0 Å². The molecule has 1 aliphatic rings. The molecule has 0 aliphatic heterocycles. The molecule has 1 aliphatic carbocycles. The van der Waals surface area contributed by atoms with Gasteiger partial charge in [-0.05, 0) is 41.0 Å². The van der Waals surface area contributed by atoms with Crippen molar-refractivity contribution in [2.45, 2.75) is 49.2 Å². The van der Waals surface area contributed by atoms with E-state index in [0.717, 1.165) is 5.75 Å². The molecule has 2 aromatic carbocycles. The molecule has 1 nitrogen and oxygen atoms in total. The Morgan fingerprint density at radius 3 is 1.73 bits per heavy atom. The molecule has 0 atom stereocenters. The fourth-order valence-electron chi connectivity index (χ4n) is 3.08. The lowest BCUT2D eigenvalue weighted by Crippen LogP contribution is -1.85. The predicted molar refractivity (Wildman–Crippen MR) is 113 cm³/mol. The van der Waals surface area contributed by atoms with Gasteiger partial charge >= 0.3 is 0 Å². The number of hydrogen-bond donors (Lipinski definition) is 0. The molecule has 2 heteroatoms. The molecular formula is C24H27NS. The van der Waals surface area contributed by atoms with E-state index in [1.54, 1.807) is 0 Å². The van der Waals surface area contributed by atoms with Gasteiger partial charge in [0.25, 0.3) is 0 Å². The van der Waals surface area contributed by atoms with Crippen molar-refractivity contribution >= 4 is 11.8 Å². The van der Waals surface area contributed by atoms with Gasteiger partial charge in [0.05, 0.1) is 0 Å². The molecule has 0 amide bonds. The van der Waals surface area contributed by atoms with Crippen LogP contribution in [0.1, 0.15) is 44.1 Å². The van der Waals surface area contributed by atoms with Crippen molar-refractivity contribution in [2.75, 3.05) is 0 Å². The zero-order valence-electron chi connectivity index (χ0n) is 15.3. The van der Waals surface area contributed by atoms with Crippen LogP contribution in [0.5, 0.6) is 0 Å². The zero-order chi connectivity index (χ0) is 17.9. The Bertz CT molecular complexity index is 723. The SMILES string of the molecule is C1CCCCC1.c1ccc(-c2ccc(SCc3ccncc3)cc2)cc1. The minimum absolute atomic E-state index is 0.979. The van der Waals surface area contributed by atoms with Crippen LogP contribution in [-0.2, 0) is 5.75 Å². The zero-order valence-corrected chi connectivity index (χ0v) is 16.1. The van der Waals surface area contributed by atoms with Gasteiger partial charge in [0.15, 0.2) is 0 Å². The highest BCUT2D eigenvalue weighted by molar-refractivity contribution is 7.98. The first kappa shape index (κ1) is 18.7. The second-order valence-electron chi connectivity index (χ2n) is 6.66. The lowest BCUT2D eigenvalue weighted by Gasteiger charge is -2.05. The molecule has 1 heterocycles. The Balaban J connectivity index is 0.000000278. The van der Waals surface area contributed by atoms with Crippen LogP contribution in [0.4, 0.5) is 0 Å². The largest absolute Gasteiger partial charge is 0.265 e. The molecule has 1 saturated carbocycles. The Hall–Kier alpha value is -2.06. The average Bonchev–Trinajstić information content (AvgIpc) is 2.76. The van der Waals surface area contributed by atoms with Gasteiger partial charge in [0, 0.05) is 23.0 Å². The van der Waals surface area contributed by atoms with Crippen molar-refractivity contribution < 1.29 is 0 Å². The second kappa shape index (κ2) is 10.8. The van der Waals surface area contributed by atoms with Crippen molar-refractivity contribution in [3.8, 4) is 11.1 Å².